The molecule has 0 heterocycles. The van der Waals surface area contributed by atoms with Crippen LogP contribution in [0.15, 0.2) is 46.9 Å². The van der Waals surface area contributed by atoms with Gasteiger partial charge in [0.05, 0.1) is 12.8 Å². The Bertz CT molecular complexity index is 703. The van der Waals surface area contributed by atoms with Gasteiger partial charge >= 0.3 is 0 Å². The number of ether oxygens (including phenoxy) is 1. The maximum Gasteiger partial charge on any atom is 0.224 e. The van der Waals surface area contributed by atoms with E-state index in [4.69, 9.17) is 4.74 Å². The lowest BCUT2D eigenvalue weighted by Gasteiger charge is -2.20. The Labute approximate surface area is 152 Å². The summed E-state index contributed by atoms with van der Waals surface area (Å²) in [5.41, 5.74) is 3.24. The SMILES string of the molecule is COc1ccc(CCC(=O)Nc2ccc(C(C)(C)C)cc2Br)cc1. The van der Waals surface area contributed by atoms with Gasteiger partial charge in [0, 0.05) is 10.9 Å². The molecule has 0 unspecified atom stereocenters. The average molecular weight is 390 g/mol. The molecule has 128 valence electrons. The van der Waals surface area contributed by atoms with Crippen LogP contribution in [-0.2, 0) is 16.6 Å². The van der Waals surface area contributed by atoms with E-state index in [0.717, 1.165) is 21.5 Å². The van der Waals surface area contributed by atoms with Crippen LogP contribution in [0.3, 0.4) is 0 Å². The highest BCUT2D eigenvalue weighted by Gasteiger charge is 2.15. The number of aryl methyl sites for hydroxylation is 1. The molecule has 1 N–H and O–H groups in total. The number of nitrogens with one attached hydrogen (secondary N) is 1. The summed E-state index contributed by atoms with van der Waals surface area (Å²) in [4.78, 5) is 12.2. The first-order chi connectivity index (χ1) is 11.3. The van der Waals surface area contributed by atoms with E-state index in [0.29, 0.717) is 12.8 Å². The molecule has 0 saturated heterocycles. The summed E-state index contributed by atoms with van der Waals surface area (Å²) in [7, 11) is 1.64. The molecule has 2 rings (SSSR count). The number of rotatable bonds is 5. The Balaban J connectivity index is 1.94. The molecule has 2 aromatic carbocycles. The number of amides is 1. The van der Waals surface area contributed by atoms with Gasteiger partial charge in [0.15, 0.2) is 0 Å². The lowest BCUT2D eigenvalue weighted by Crippen LogP contribution is -2.14. The third kappa shape index (κ3) is 5.10. The number of hydrogen-bond acceptors (Lipinski definition) is 2. The minimum Gasteiger partial charge on any atom is -0.497 e. The van der Waals surface area contributed by atoms with Crippen LogP contribution in [0.1, 0.15) is 38.3 Å². The molecule has 4 heteroatoms. The Morgan fingerprint density at radius 1 is 1.12 bits per heavy atom. The maximum atomic E-state index is 12.2. The van der Waals surface area contributed by atoms with Crippen LogP contribution in [0.25, 0.3) is 0 Å². The van der Waals surface area contributed by atoms with Crippen LogP contribution in [0, 0.1) is 0 Å². The Hall–Kier alpha value is -1.81. The normalized spacial score (nSPS) is 11.2. The van der Waals surface area contributed by atoms with Crippen LogP contribution >= 0.6 is 15.9 Å². The second-order valence-electron chi connectivity index (χ2n) is 6.84. The minimum atomic E-state index is 0.00928. The van der Waals surface area contributed by atoms with Gasteiger partial charge in [0.25, 0.3) is 0 Å². The van der Waals surface area contributed by atoms with Crippen molar-refractivity contribution in [2.75, 3.05) is 12.4 Å². The third-order valence-electron chi connectivity index (χ3n) is 3.91. The maximum absolute atomic E-state index is 12.2. The zero-order valence-electron chi connectivity index (χ0n) is 14.7. The van der Waals surface area contributed by atoms with E-state index in [9.17, 15) is 4.79 Å². The van der Waals surface area contributed by atoms with E-state index in [2.05, 4.69) is 54.2 Å². The molecule has 0 aliphatic heterocycles. The fraction of sp³-hybridized carbons (Fsp3) is 0.350. The number of benzene rings is 2. The summed E-state index contributed by atoms with van der Waals surface area (Å²) in [6.45, 7) is 6.51. The van der Waals surface area contributed by atoms with Gasteiger partial charge in [-0.05, 0) is 63.2 Å². The number of carbonyl (C=O) groups is 1. The van der Waals surface area contributed by atoms with Gasteiger partial charge in [0.2, 0.25) is 5.91 Å². The molecule has 0 spiro atoms. The molecule has 0 bridgehead atoms. The molecule has 0 aliphatic rings. The Kier molecular flexibility index (Phi) is 6.05. The van der Waals surface area contributed by atoms with Gasteiger partial charge in [-0.3, -0.25) is 4.79 Å². The van der Waals surface area contributed by atoms with Crippen molar-refractivity contribution < 1.29 is 9.53 Å². The monoisotopic (exact) mass is 389 g/mol. The fourth-order valence-corrected chi connectivity index (χ4v) is 2.82. The Morgan fingerprint density at radius 3 is 2.33 bits per heavy atom. The molecule has 1 amide bonds. The largest absolute Gasteiger partial charge is 0.497 e. The number of hydrogen-bond donors (Lipinski definition) is 1. The third-order valence-corrected chi connectivity index (χ3v) is 4.57. The number of halogens is 1. The van der Waals surface area contributed by atoms with Crippen LogP contribution in [-0.4, -0.2) is 13.0 Å². The predicted octanol–water partition coefficient (Wildman–Crippen LogP) is 5.33. The molecular formula is C20H24BrNO2. The van der Waals surface area contributed by atoms with Gasteiger partial charge in [-0.15, -0.1) is 0 Å². The topological polar surface area (TPSA) is 38.3 Å². The van der Waals surface area contributed by atoms with Crippen molar-refractivity contribution in [3.8, 4) is 5.75 Å². The van der Waals surface area contributed by atoms with Crippen molar-refractivity contribution in [1.29, 1.82) is 0 Å². The van der Waals surface area contributed by atoms with Crippen LogP contribution in [0.5, 0.6) is 5.75 Å². The van der Waals surface area contributed by atoms with Gasteiger partial charge in [0.1, 0.15) is 5.75 Å². The first-order valence-electron chi connectivity index (χ1n) is 8.02. The minimum absolute atomic E-state index is 0.00928. The smallest absolute Gasteiger partial charge is 0.224 e. The molecular weight excluding hydrogens is 366 g/mol. The second kappa shape index (κ2) is 7.84. The molecule has 0 aromatic heterocycles. The second-order valence-corrected chi connectivity index (χ2v) is 7.70. The quantitative estimate of drug-likeness (QED) is 0.750. The van der Waals surface area contributed by atoms with Crippen molar-refractivity contribution >= 4 is 27.5 Å². The highest BCUT2D eigenvalue weighted by Crippen LogP contribution is 2.30. The lowest BCUT2D eigenvalue weighted by molar-refractivity contribution is -0.116. The van der Waals surface area contributed by atoms with Crippen molar-refractivity contribution in [3.63, 3.8) is 0 Å². The highest BCUT2D eigenvalue weighted by atomic mass is 79.9. The molecule has 0 fully saturated rings. The summed E-state index contributed by atoms with van der Waals surface area (Å²) < 4.78 is 6.05. The van der Waals surface area contributed by atoms with Crippen LogP contribution < -0.4 is 10.1 Å². The first-order valence-corrected chi connectivity index (χ1v) is 8.81. The average Bonchev–Trinajstić information content (AvgIpc) is 2.54. The molecule has 0 aliphatic carbocycles. The van der Waals surface area contributed by atoms with E-state index in [-0.39, 0.29) is 11.3 Å². The summed E-state index contributed by atoms with van der Waals surface area (Å²) >= 11 is 3.55. The summed E-state index contributed by atoms with van der Waals surface area (Å²) in [6, 6.07) is 13.9. The Morgan fingerprint density at radius 2 is 1.79 bits per heavy atom. The van der Waals surface area contributed by atoms with Crippen LogP contribution in [0.2, 0.25) is 0 Å². The van der Waals surface area contributed by atoms with Gasteiger partial charge < -0.3 is 10.1 Å². The summed E-state index contributed by atoms with van der Waals surface area (Å²) in [5.74, 6) is 0.834. The zero-order valence-corrected chi connectivity index (χ0v) is 16.2. The number of anilines is 1. The molecule has 3 nitrogen and oxygen atoms in total. The van der Waals surface area contributed by atoms with Gasteiger partial charge in [-0.1, -0.05) is 39.0 Å². The fourth-order valence-electron chi connectivity index (χ4n) is 2.35. The van der Waals surface area contributed by atoms with Crippen molar-refractivity contribution in [2.45, 2.75) is 39.0 Å². The van der Waals surface area contributed by atoms with Crippen LogP contribution in [0.4, 0.5) is 5.69 Å². The first kappa shape index (κ1) is 18.5. The summed E-state index contributed by atoms with van der Waals surface area (Å²) in [5, 5.41) is 2.97. The van der Waals surface area contributed by atoms with Crippen molar-refractivity contribution in [2.24, 2.45) is 0 Å². The predicted molar refractivity (Wildman–Crippen MR) is 103 cm³/mol. The number of methoxy groups -OCH3 is 1. The summed E-state index contributed by atoms with van der Waals surface area (Å²) in [6.07, 6.45) is 1.15. The van der Waals surface area contributed by atoms with E-state index < -0.39 is 0 Å². The van der Waals surface area contributed by atoms with E-state index >= 15 is 0 Å². The van der Waals surface area contributed by atoms with E-state index in [1.165, 1.54) is 5.56 Å². The standard InChI is InChI=1S/C20H24BrNO2/c1-20(2,3)15-8-11-18(17(21)13-15)22-19(23)12-7-14-5-9-16(24-4)10-6-14/h5-6,8-11,13H,7,12H2,1-4H3,(H,22,23). The van der Waals surface area contributed by atoms with Gasteiger partial charge in [-0.25, -0.2) is 0 Å². The molecule has 24 heavy (non-hydrogen) atoms. The van der Waals surface area contributed by atoms with E-state index in [1.54, 1.807) is 7.11 Å². The zero-order chi connectivity index (χ0) is 17.7. The molecule has 0 atom stereocenters. The molecule has 0 radical (unpaired) electrons. The van der Waals surface area contributed by atoms with Gasteiger partial charge in [-0.2, -0.15) is 0 Å². The highest BCUT2D eigenvalue weighted by molar-refractivity contribution is 9.10. The van der Waals surface area contributed by atoms with E-state index in [1.807, 2.05) is 30.3 Å². The van der Waals surface area contributed by atoms with Crippen molar-refractivity contribution in [1.82, 2.24) is 0 Å². The number of carbonyl (C=O) groups excluding carboxylic acids is 1. The molecule has 0 saturated carbocycles. The lowest BCUT2D eigenvalue weighted by atomic mass is 9.87. The van der Waals surface area contributed by atoms with Crippen molar-refractivity contribution in [3.05, 3.63) is 58.1 Å². The molecule has 2 aromatic rings.